The van der Waals surface area contributed by atoms with Crippen LogP contribution < -0.4 is 0 Å². The summed E-state index contributed by atoms with van der Waals surface area (Å²) in [5.74, 6) is 0.186. The van der Waals surface area contributed by atoms with Crippen LogP contribution in [0.4, 0.5) is 13.2 Å². The van der Waals surface area contributed by atoms with Crippen molar-refractivity contribution in [1.29, 1.82) is 0 Å². The molecular formula is C19H21F3N2O4S. The molecule has 158 valence electrons. The lowest BCUT2D eigenvalue weighted by molar-refractivity contribution is -0.138. The molecule has 0 bridgehead atoms. The van der Waals surface area contributed by atoms with Crippen molar-refractivity contribution in [1.82, 2.24) is 9.21 Å². The van der Waals surface area contributed by atoms with E-state index in [-0.39, 0.29) is 24.9 Å². The van der Waals surface area contributed by atoms with Gasteiger partial charge in [0, 0.05) is 26.1 Å². The largest absolute Gasteiger partial charge is 0.467 e. The Bertz CT molecular complexity index is 950. The molecule has 1 saturated heterocycles. The zero-order valence-corrected chi connectivity index (χ0v) is 16.5. The fourth-order valence-corrected chi connectivity index (χ4v) is 4.87. The lowest BCUT2D eigenvalue weighted by atomic mass is 9.96. The van der Waals surface area contributed by atoms with Crippen LogP contribution in [-0.2, 0) is 27.5 Å². The van der Waals surface area contributed by atoms with Crippen LogP contribution in [-0.4, -0.2) is 43.7 Å². The fourth-order valence-electron chi connectivity index (χ4n) is 3.35. The second kappa shape index (κ2) is 8.19. The first-order valence-electron chi connectivity index (χ1n) is 9.04. The third-order valence-corrected chi connectivity index (χ3v) is 6.85. The Balaban J connectivity index is 1.64. The van der Waals surface area contributed by atoms with Gasteiger partial charge in [0.15, 0.2) is 0 Å². The highest BCUT2D eigenvalue weighted by Crippen LogP contribution is 2.32. The van der Waals surface area contributed by atoms with E-state index in [0.717, 1.165) is 22.5 Å². The molecule has 1 fully saturated rings. The summed E-state index contributed by atoms with van der Waals surface area (Å²) in [4.78, 5) is 13.7. The van der Waals surface area contributed by atoms with Gasteiger partial charge in [-0.25, -0.2) is 8.42 Å². The van der Waals surface area contributed by atoms with Crippen LogP contribution in [0.2, 0.25) is 0 Å². The van der Waals surface area contributed by atoms with Gasteiger partial charge in [-0.05, 0) is 43.2 Å². The monoisotopic (exact) mass is 430 g/mol. The standard InChI is InChI=1S/C19H21F3N2O4S/c1-23(13-16-5-3-11-28-16)18(25)14-7-9-24(10-8-14)29(26,27)17-6-2-4-15(12-17)19(20,21)22/h2-6,11-12,14H,7-10,13H2,1H3. The third kappa shape index (κ3) is 4.81. The molecule has 1 amide bonds. The number of sulfonamides is 1. The topological polar surface area (TPSA) is 70.8 Å². The zero-order valence-electron chi connectivity index (χ0n) is 15.7. The Morgan fingerprint density at radius 1 is 1.21 bits per heavy atom. The number of amides is 1. The molecule has 29 heavy (non-hydrogen) atoms. The van der Waals surface area contributed by atoms with E-state index in [2.05, 4.69) is 0 Å². The van der Waals surface area contributed by atoms with Crippen molar-refractivity contribution in [2.24, 2.45) is 5.92 Å². The Hall–Kier alpha value is -2.33. The first kappa shape index (κ1) is 21.4. The first-order chi connectivity index (χ1) is 13.6. The lowest BCUT2D eigenvalue weighted by Crippen LogP contribution is -2.43. The molecule has 0 radical (unpaired) electrons. The smallest absolute Gasteiger partial charge is 0.416 e. The predicted octanol–water partition coefficient (Wildman–Crippen LogP) is 3.36. The molecule has 1 aromatic heterocycles. The second-order valence-corrected chi connectivity index (χ2v) is 8.92. The van der Waals surface area contributed by atoms with Crippen LogP contribution in [0.15, 0.2) is 52.0 Å². The molecule has 2 heterocycles. The van der Waals surface area contributed by atoms with E-state index in [4.69, 9.17) is 4.42 Å². The number of hydrogen-bond acceptors (Lipinski definition) is 4. The number of carbonyl (C=O) groups excluding carboxylic acids is 1. The summed E-state index contributed by atoms with van der Waals surface area (Å²) in [6.45, 7) is 0.460. The third-order valence-electron chi connectivity index (χ3n) is 4.95. The SMILES string of the molecule is CN(Cc1ccco1)C(=O)C1CCN(S(=O)(=O)c2cccc(C(F)(F)F)c2)CC1. The summed E-state index contributed by atoms with van der Waals surface area (Å²) >= 11 is 0. The van der Waals surface area contributed by atoms with E-state index in [1.54, 1.807) is 19.2 Å². The fraction of sp³-hybridized carbons (Fsp3) is 0.421. The quantitative estimate of drug-likeness (QED) is 0.730. The summed E-state index contributed by atoms with van der Waals surface area (Å²) in [5, 5.41) is 0. The number of alkyl halides is 3. The normalized spacial score (nSPS) is 16.7. The van der Waals surface area contributed by atoms with E-state index < -0.39 is 26.7 Å². The Morgan fingerprint density at radius 3 is 2.48 bits per heavy atom. The van der Waals surface area contributed by atoms with Crippen LogP contribution in [0.25, 0.3) is 0 Å². The number of halogens is 3. The van der Waals surface area contributed by atoms with Gasteiger partial charge in [-0.1, -0.05) is 6.07 Å². The van der Waals surface area contributed by atoms with Crippen molar-refractivity contribution < 1.29 is 30.8 Å². The van der Waals surface area contributed by atoms with Gasteiger partial charge in [0.2, 0.25) is 15.9 Å². The van der Waals surface area contributed by atoms with E-state index >= 15 is 0 Å². The van der Waals surface area contributed by atoms with E-state index in [9.17, 15) is 26.4 Å². The van der Waals surface area contributed by atoms with Crippen LogP contribution >= 0.6 is 0 Å². The van der Waals surface area contributed by atoms with Gasteiger partial charge in [-0.15, -0.1) is 0 Å². The number of furan rings is 1. The van der Waals surface area contributed by atoms with Gasteiger partial charge < -0.3 is 9.32 Å². The van der Waals surface area contributed by atoms with E-state index in [0.29, 0.717) is 31.2 Å². The highest BCUT2D eigenvalue weighted by molar-refractivity contribution is 7.89. The number of piperidine rings is 1. The summed E-state index contributed by atoms with van der Waals surface area (Å²) in [6.07, 6.45) is -2.49. The number of carbonyl (C=O) groups is 1. The molecule has 1 aromatic carbocycles. The lowest BCUT2D eigenvalue weighted by Gasteiger charge is -2.32. The highest BCUT2D eigenvalue weighted by atomic mass is 32.2. The molecule has 0 aliphatic carbocycles. The number of rotatable bonds is 5. The van der Waals surface area contributed by atoms with Gasteiger partial charge in [0.1, 0.15) is 5.76 Å². The van der Waals surface area contributed by atoms with Gasteiger partial charge in [0.25, 0.3) is 0 Å². The van der Waals surface area contributed by atoms with Crippen LogP contribution in [0, 0.1) is 5.92 Å². The Morgan fingerprint density at radius 2 is 1.90 bits per heavy atom. The molecular weight excluding hydrogens is 409 g/mol. The van der Waals surface area contributed by atoms with Crippen LogP contribution in [0.3, 0.4) is 0 Å². The van der Waals surface area contributed by atoms with Crippen LogP contribution in [0.5, 0.6) is 0 Å². The van der Waals surface area contributed by atoms with Gasteiger partial charge >= 0.3 is 6.18 Å². The minimum atomic E-state index is -4.62. The molecule has 1 aliphatic rings. The molecule has 2 aromatic rings. The molecule has 1 aliphatic heterocycles. The van der Waals surface area contributed by atoms with Crippen molar-refractivity contribution in [2.75, 3.05) is 20.1 Å². The van der Waals surface area contributed by atoms with Gasteiger partial charge in [-0.3, -0.25) is 4.79 Å². The minimum absolute atomic E-state index is 0.0730. The summed E-state index contributed by atoms with van der Waals surface area (Å²) in [6, 6.07) is 7.19. The molecule has 3 rings (SSSR count). The Kier molecular flexibility index (Phi) is 6.04. The summed E-state index contributed by atoms with van der Waals surface area (Å²) in [5.41, 5.74) is -1.01. The average molecular weight is 430 g/mol. The molecule has 10 heteroatoms. The van der Waals surface area contributed by atoms with Crippen LogP contribution in [0.1, 0.15) is 24.2 Å². The van der Waals surface area contributed by atoms with Crippen molar-refractivity contribution in [3.05, 3.63) is 54.0 Å². The average Bonchev–Trinajstić information content (AvgIpc) is 3.20. The molecule has 0 unspecified atom stereocenters. The number of hydrogen-bond donors (Lipinski definition) is 0. The predicted molar refractivity (Wildman–Crippen MR) is 98.1 cm³/mol. The maximum atomic E-state index is 12.9. The zero-order chi connectivity index (χ0) is 21.2. The second-order valence-electron chi connectivity index (χ2n) is 6.98. The first-order valence-corrected chi connectivity index (χ1v) is 10.5. The van der Waals surface area contributed by atoms with Crippen molar-refractivity contribution in [3.8, 4) is 0 Å². The van der Waals surface area contributed by atoms with E-state index in [1.807, 2.05) is 0 Å². The van der Waals surface area contributed by atoms with Crippen molar-refractivity contribution >= 4 is 15.9 Å². The number of benzene rings is 1. The molecule has 0 N–H and O–H groups in total. The Labute approximate surface area is 167 Å². The maximum absolute atomic E-state index is 12.9. The van der Waals surface area contributed by atoms with Crippen molar-refractivity contribution in [2.45, 2.75) is 30.5 Å². The highest BCUT2D eigenvalue weighted by Gasteiger charge is 2.35. The van der Waals surface area contributed by atoms with Gasteiger partial charge in [-0.2, -0.15) is 17.5 Å². The van der Waals surface area contributed by atoms with Crippen molar-refractivity contribution in [3.63, 3.8) is 0 Å². The van der Waals surface area contributed by atoms with E-state index in [1.165, 1.54) is 11.2 Å². The maximum Gasteiger partial charge on any atom is 0.416 e. The van der Waals surface area contributed by atoms with Gasteiger partial charge in [0.05, 0.1) is 23.3 Å². The molecule has 0 atom stereocenters. The number of nitrogens with zero attached hydrogens (tertiary/aromatic N) is 2. The summed E-state index contributed by atoms with van der Waals surface area (Å²) < 4.78 is 70.5. The molecule has 0 saturated carbocycles. The summed E-state index contributed by atoms with van der Waals surface area (Å²) in [7, 11) is -2.41. The molecule has 6 nitrogen and oxygen atoms in total. The molecule has 0 spiro atoms. The minimum Gasteiger partial charge on any atom is -0.467 e.